The Morgan fingerprint density at radius 2 is 1.63 bits per heavy atom. The van der Waals surface area contributed by atoms with E-state index in [1.54, 1.807) is 0 Å². The molecule has 19 heavy (non-hydrogen) atoms. The summed E-state index contributed by atoms with van der Waals surface area (Å²) in [5.41, 5.74) is 3.17. The lowest BCUT2D eigenvalue weighted by molar-refractivity contribution is 0.102. The average Bonchev–Trinajstić information content (AvgIpc) is 2.34. The minimum absolute atomic E-state index is 0.242. The van der Waals surface area contributed by atoms with Crippen molar-refractivity contribution >= 4 is 27.5 Å². The molecule has 0 radical (unpaired) electrons. The van der Waals surface area contributed by atoms with Gasteiger partial charge < -0.3 is 5.32 Å². The molecule has 0 aliphatic rings. The zero-order chi connectivity index (χ0) is 14.0. The molecule has 0 spiro atoms. The molecule has 0 aliphatic heterocycles. The monoisotopic (exact) mass is 321 g/mol. The van der Waals surface area contributed by atoms with Crippen molar-refractivity contribution in [3.05, 3.63) is 63.4 Å². The van der Waals surface area contributed by atoms with E-state index in [-0.39, 0.29) is 11.7 Å². The van der Waals surface area contributed by atoms with Crippen LogP contribution >= 0.6 is 15.9 Å². The van der Waals surface area contributed by atoms with E-state index in [4.69, 9.17) is 0 Å². The Kier molecular flexibility index (Phi) is 4.00. The van der Waals surface area contributed by atoms with Gasteiger partial charge in [0, 0.05) is 15.7 Å². The van der Waals surface area contributed by atoms with Crippen LogP contribution in [0.4, 0.5) is 10.1 Å². The van der Waals surface area contributed by atoms with Crippen LogP contribution in [0.25, 0.3) is 0 Å². The average molecular weight is 322 g/mol. The van der Waals surface area contributed by atoms with Gasteiger partial charge in [-0.3, -0.25) is 4.79 Å². The first-order valence-electron chi connectivity index (χ1n) is 5.81. The van der Waals surface area contributed by atoms with Crippen LogP contribution in [0, 0.1) is 19.7 Å². The van der Waals surface area contributed by atoms with Crippen LogP contribution < -0.4 is 5.32 Å². The lowest BCUT2D eigenvalue weighted by Gasteiger charge is -2.12. The molecule has 1 N–H and O–H groups in total. The summed E-state index contributed by atoms with van der Waals surface area (Å²) < 4.78 is 13.8. The molecule has 4 heteroatoms. The van der Waals surface area contributed by atoms with Crippen molar-refractivity contribution in [3.63, 3.8) is 0 Å². The summed E-state index contributed by atoms with van der Waals surface area (Å²) in [6.45, 7) is 3.86. The lowest BCUT2D eigenvalue weighted by Crippen LogP contribution is -2.13. The summed E-state index contributed by atoms with van der Waals surface area (Å²) in [6, 6.07) is 9.36. The van der Waals surface area contributed by atoms with E-state index in [1.807, 2.05) is 26.0 Å². The van der Waals surface area contributed by atoms with Crippen molar-refractivity contribution in [1.82, 2.24) is 0 Å². The third-order valence-corrected chi connectivity index (χ3v) is 3.30. The van der Waals surface area contributed by atoms with Gasteiger partial charge in [-0.05, 0) is 61.4 Å². The second kappa shape index (κ2) is 5.53. The summed E-state index contributed by atoms with van der Waals surface area (Å²) in [5, 5.41) is 2.86. The van der Waals surface area contributed by atoms with E-state index in [0.29, 0.717) is 5.56 Å². The molecule has 1 amide bonds. The minimum Gasteiger partial charge on any atom is -0.322 e. The maximum Gasteiger partial charge on any atom is 0.255 e. The van der Waals surface area contributed by atoms with E-state index in [2.05, 4.69) is 21.2 Å². The normalized spacial score (nSPS) is 10.3. The van der Waals surface area contributed by atoms with Crippen molar-refractivity contribution in [2.24, 2.45) is 0 Å². The molecule has 0 fully saturated rings. The van der Waals surface area contributed by atoms with Gasteiger partial charge in [-0.25, -0.2) is 4.39 Å². The van der Waals surface area contributed by atoms with Gasteiger partial charge in [0.2, 0.25) is 0 Å². The molecule has 0 aromatic heterocycles. The van der Waals surface area contributed by atoms with Crippen LogP contribution in [-0.2, 0) is 0 Å². The molecule has 2 rings (SSSR count). The molecular formula is C15H13BrFNO. The number of hydrogen-bond donors (Lipinski definition) is 1. The number of aryl methyl sites for hydroxylation is 2. The summed E-state index contributed by atoms with van der Waals surface area (Å²) >= 11 is 3.41. The van der Waals surface area contributed by atoms with Gasteiger partial charge in [-0.2, -0.15) is 0 Å². The molecule has 98 valence electrons. The molecule has 2 aromatic rings. The van der Waals surface area contributed by atoms with Gasteiger partial charge in [0.05, 0.1) is 0 Å². The van der Waals surface area contributed by atoms with Gasteiger partial charge in [0.25, 0.3) is 5.91 Å². The van der Waals surface area contributed by atoms with Gasteiger partial charge in [0.15, 0.2) is 0 Å². The van der Waals surface area contributed by atoms with Crippen LogP contribution in [0.3, 0.4) is 0 Å². The van der Waals surface area contributed by atoms with Gasteiger partial charge in [-0.1, -0.05) is 15.9 Å². The number of halogens is 2. The summed E-state index contributed by atoms with van der Waals surface area (Å²) in [6.07, 6.45) is 0. The van der Waals surface area contributed by atoms with Crippen molar-refractivity contribution in [2.45, 2.75) is 13.8 Å². The fourth-order valence-electron chi connectivity index (χ4n) is 1.89. The molecule has 2 aromatic carbocycles. The van der Waals surface area contributed by atoms with Crippen molar-refractivity contribution < 1.29 is 9.18 Å². The fourth-order valence-corrected chi connectivity index (χ4v) is 2.58. The second-order valence-corrected chi connectivity index (χ2v) is 5.29. The molecule has 0 heterocycles. The molecule has 0 bridgehead atoms. The van der Waals surface area contributed by atoms with Gasteiger partial charge >= 0.3 is 0 Å². The van der Waals surface area contributed by atoms with Crippen LogP contribution in [-0.4, -0.2) is 5.91 Å². The van der Waals surface area contributed by atoms with Crippen molar-refractivity contribution in [2.75, 3.05) is 5.32 Å². The topological polar surface area (TPSA) is 29.1 Å². The number of carbonyl (C=O) groups is 1. The highest BCUT2D eigenvalue weighted by atomic mass is 79.9. The standard InChI is InChI=1S/C15H13BrFNO/c1-9-7-12(16)8-10(2)14(9)18-15(19)11-3-5-13(17)6-4-11/h3-8H,1-2H3,(H,18,19). The smallest absolute Gasteiger partial charge is 0.255 e. The predicted molar refractivity (Wildman–Crippen MR) is 78.0 cm³/mol. The quantitative estimate of drug-likeness (QED) is 0.869. The maximum atomic E-state index is 12.8. The van der Waals surface area contributed by atoms with Crippen LogP contribution in [0.15, 0.2) is 40.9 Å². The molecule has 0 saturated carbocycles. The largest absolute Gasteiger partial charge is 0.322 e. The Bertz CT molecular complexity index is 600. The van der Waals surface area contributed by atoms with Crippen LogP contribution in [0.5, 0.6) is 0 Å². The third-order valence-electron chi connectivity index (χ3n) is 2.84. The number of rotatable bonds is 2. The number of nitrogens with one attached hydrogen (secondary N) is 1. The number of carbonyl (C=O) groups excluding carboxylic acids is 1. The van der Waals surface area contributed by atoms with Gasteiger partial charge in [0.1, 0.15) is 5.82 Å². The Labute approximate surface area is 119 Å². The number of benzene rings is 2. The summed E-state index contributed by atoms with van der Waals surface area (Å²) in [7, 11) is 0. The maximum absolute atomic E-state index is 12.8. The molecular weight excluding hydrogens is 309 g/mol. The van der Waals surface area contributed by atoms with Crippen molar-refractivity contribution in [1.29, 1.82) is 0 Å². The second-order valence-electron chi connectivity index (χ2n) is 4.38. The van der Waals surface area contributed by atoms with Gasteiger partial charge in [-0.15, -0.1) is 0 Å². The first-order chi connectivity index (χ1) is 8.97. The lowest BCUT2D eigenvalue weighted by atomic mass is 10.1. The number of amides is 1. The van der Waals surface area contributed by atoms with E-state index in [0.717, 1.165) is 21.3 Å². The molecule has 0 saturated heterocycles. The van der Waals surface area contributed by atoms with E-state index < -0.39 is 0 Å². The Hall–Kier alpha value is -1.68. The van der Waals surface area contributed by atoms with E-state index >= 15 is 0 Å². The first-order valence-corrected chi connectivity index (χ1v) is 6.60. The Morgan fingerprint density at radius 1 is 1.11 bits per heavy atom. The highest BCUT2D eigenvalue weighted by molar-refractivity contribution is 9.10. The zero-order valence-electron chi connectivity index (χ0n) is 10.6. The minimum atomic E-state index is -0.354. The Morgan fingerprint density at radius 3 is 2.16 bits per heavy atom. The van der Waals surface area contributed by atoms with Crippen LogP contribution in [0.2, 0.25) is 0 Å². The van der Waals surface area contributed by atoms with E-state index in [1.165, 1.54) is 24.3 Å². The number of anilines is 1. The molecule has 2 nitrogen and oxygen atoms in total. The predicted octanol–water partition coefficient (Wildman–Crippen LogP) is 4.46. The SMILES string of the molecule is Cc1cc(Br)cc(C)c1NC(=O)c1ccc(F)cc1. The molecule has 0 aliphatic carbocycles. The molecule has 0 unspecified atom stereocenters. The van der Waals surface area contributed by atoms with Crippen LogP contribution in [0.1, 0.15) is 21.5 Å². The first kappa shape index (κ1) is 13.7. The Balaban J connectivity index is 2.26. The van der Waals surface area contributed by atoms with E-state index in [9.17, 15) is 9.18 Å². The summed E-state index contributed by atoms with van der Waals surface area (Å²) in [4.78, 5) is 12.1. The zero-order valence-corrected chi connectivity index (χ0v) is 12.2. The fraction of sp³-hybridized carbons (Fsp3) is 0.133. The van der Waals surface area contributed by atoms with Crippen molar-refractivity contribution in [3.8, 4) is 0 Å². The summed E-state index contributed by atoms with van der Waals surface area (Å²) in [5.74, 6) is -0.596. The third kappa shape index (κ3) is 3.20. The molecule has 0 atom stereocenters. The number of hydrogen-bond acceptors (Lipinski definition) is 1. The highest BCUT2D eigenvalue weighted by Crippen LogP contribution is 2.25. The highest BCUT2D eigenvalue weighted by Gasteiger charge is 2.10.